The maximum absolute atomic E-state index is 14.0. The molecule has 1 amide bonds. The zero-order valence-electron chi connectivity index (χ0n) is 20.9. The molecule has 0 bridgehead atoms. The van der Waals surface area contributed by atoms with Gasteiger partial charge in [-0.3, -0.25) is 4.79 Å². The zero-order valence-corrected chi connectivity index (χ0v) is 21.7. The first kappa shape index (κ1) is 25.3. The lowest BCUT2D eigenvalue weighted by molar-refractivity contribution is -0.136. The molecule has 1 aromatic rings. The fraction of sp³-hybridized carbons (Fsp3) is 0.720. The van der Waals surface area contributed by atoms with Crippen molar-refractivity contribution in [2.24, 2.45) is 5.92 Å². The highest BCUT2D eigenvalue weighted by Crippen LogP contribution is 2.44. The maximum Gasteiger partial charge on any atom is 0.244 e. The largest absolute Gasteiger partial charge is 0.493 e. The first-order chi connectivity index (χ1) is 16.3. The second kappa shape index (κ2) is 10.4. The first-order valence-electron chi connectivity index (χ1n) is 12.6. The molecule has 0 spiro atoms. The van der Waals surface area contributed by atoms with Crippen LogP contribution in [0.2, 0.25) is 0 Å². The van der Waals surface area contributed by atoms with Gasteiger partial charge in [-0.05, 0) is 56.7 Å². The molecule has 1 aromatic carbocycles. The van der Waals surface area contributed by atoms with E-state index in [2.05, 4.69) is 11.8 Å². The molecule has 0 aromatic heterocycles. The van der Waals surface area contributed by atoms with Gasteiger partial charge in [0.15, 0.2) is 11.5 Å². The molecule has 2 heterocycles. The SMILES string of the molecule is CCN1CCC(N(C)C(=O)[C@@H]2C[C@H]3CCCC[C@@H]3N2S(=O)(=O)c2ccc(OC)c(OC)c2)CC1. The summed E-state index contributed by atoms with van der Waals surface area (Å²) in [6.45, 7) is 5.13. The number of likely N-dealkylation sites (N-methyl/N-ethyl adjacent to an activating group) is 1. The molecule has 0 N–H and O–H groups in total. The number of hydrogen-bond acceptors (Lipinski definition) is 6. The van der Waals surface area contributed by atoms with Gasteiger partial charge in [-0.1, -0.05) is 19.8 Å². The fourth-order valence-corrected chi connectivity index (χ4v) is 8.00. The lowest BCUT2D eigenvalue weighted by Crippen LogP contribution is -2.53. The van der Waals surface area contributed by atoms with Gasteiger partial charge >= 0.3 is 0 Å². The smallest absolute Gasteiger partial charge is 0.244 e. The molecule has 190 valence electrons. The van der Waals surface area contributed by atoms with Crippen LogP contribution in [-0.2, 0) is 14.8 Å². The van der Waals surface area contributed by atoms with Crippen molar-refractivity contribution >= 4 is 15.9 Å². The third-order valence-corrected chi connectivity index (χ3v) is 10.1. The van der Waals surface area contributed by atoms with Crippen molar-refractivity contribution < 1.29 is 22.7 Å². The number of carbonyl (C=O) groups is 1. The number of amides is 1. The molecule has 9 heteroatoms. The van der Waals surface area contributed by atoms with Crippen LogP contribution >= 0.6 is 0 Å². The van der Waals surface area contributed by atoms with Crippen LogP contribution in [0.15, 0.2) is 23.1 Å². The number of ether oxygens (including phenoxy) is 2. The van der Waals surface area contributed by atoms with Gasteiger partial charge in [-0.2, -0.15) is 4.31 Å². The van der Waals surface area contributed by atoms with Gasteiger partial charge < -0.3 is 19.3 Å². The van der Waals surface area contributed by atoms with E-state index in [0.717, 1.165) is 58.2 Å². The van der Waals surface area contributed by atoms with Gasteiger partial charge in [0.05, 0.1) is 19.1 Å². The van der Waals surface area contributed by atoms with Gasteiger partial charge in [0.25, 0.3) is 0 Å². The number of sulfonamides is 1. The normalized spacial score (nSPS) is 26.8. The van der Waals surface area contributed by atoms with Gasteiger partial charge in [-0.15, -0.1) is 0 Å². The molecule has 2 aliphatic heterocycles. The summed E-state index contributed by atoms with van der Waals surface area (Å²) in [5.74, 6) is 1.01. The number of methoxy groups -OCH3 is 2. The van der Waals surface area contributed by atoms with Crippen LogP contribution in [0.4, 0.5) is 0 Å². The highest BCUT2D eigenvalue weighted by atomic mass is 32.2. The summed E-state index contributed by atoms with van der Waals surface area (Å²) >= 11 is 0. The second-order valence-electron chi connectivity index (χ2n) is 9.83. The van der Waals surface area contributed by atoms with Gasteiger partial charge in [0.2, 0.25) is 15.9 Å². The number of fused-ring (bicyclic) bond motifs is 1. The third kappa shape index (κ3) is 4.66. The third-order valence-electron chi connectivity index (χ3n) is 8.14. The molecule has 0 unspecified atom stereocenters. The molecule has 3 atom stereocenters. The molecule has 3 fully saturated rings. The minimum absolute atomic E-state index is 0.0617. The van der Waals surface area contributed by atoms with Crippen molar-refractivity contribution in [2.45, 2.75) is 74.9 Å². The summed E-state index contributed by atoms with van der Waals surface area (Å²) in [7, 11) is 0.978. The molecule has 8 nitrogen and oxygen atoms in total. The van der Waals surface area contributed by atoms with Crippen LogP contribution in [-0.4, -0.2) is 87.5 Å². The predicted molar refractivity (Wildman–Crippen MR) is 131 cm³/mol. The monoisotopic (exact) mass is 493 g/mol. The zero-order chi connectivity index (χ0) is 24.5. The Kier molecular flexibility index (Phi) is 7.74. The molecule has 1 aliphatic carbocycles. The van der Waals surface area contributed by atoms with Crippen molar-refractivity contribution in [3.8, 4) is 11.5 Å². The number of likely N-dealkylation sites (tertiary alicyclic amines) is 1. The average Bonchev–Trinajstić information content (AvgIpc) is 3.27. The molecular weight excluding hydrogens is 454 g/mol. The van der Waals surface area contributed by atoms with Crippen LogP contribution in [0.3, 0.4) is 0 Å². The predicted octanol–water partition coefficient (Wildman–Crippen LogP) is 2.97. The highest BCUT2D eigenvalue weighted by Gasteiger charge is 2.52. The van der Waals surface area contributed by atoms with E-state index in [4.69, 9.17) is 9.47 Å². The van der Waals surface area contributed by atoms with Crippen molar-refractivity contribution in [1.29, 1.82) is 0 Å². The molecule has 1 saturated carbocycles. The Hall–Kier alpha value is -1.84. The summed E-state index contributed by atoms with van der Waals surface area (Å²) < 4.78 is 40.2. The Labute approximate surface area is 204 Å². The Balaban J connectivity index is 1.63. The number of carbonyl (C=O) groups excluding carboxylic acids is 1. The molecule has 4 rings (SSSR count). The fourth-order valence-electron chi connectivity index (χ4n) is 6.11. The first-order valence-corrected chi connectivity index (χ1v) is 14.0. The van der Waals surface area contributed by atoms with Crippen LogP contribution in [0.1, 0.15) is 51.9 Å². The van der Waals surface area contributed by atoms with Crippen LogP contribution in [0, 0.1) is 5.92 Å². The van der Waals surface area contributed by atoms with E-state index in [9.17, 15) is 13.2 Å². The quantitative estimate of drug-likeness (QED) is 0.581. The summed E-state index contributed by atoms with van der Waals surface area (Å²) in [5.41, 5.74) is 0. The van der Waals surface area contributed by atoms with Gasteiger partial charge in [-0.25, -0.2) is 8.42 Å². The minimum atomic E-state index is -3.90. The van der Waals surface area contributed by atoms with Crippen molar-refractivity contribution in [2.75, 3.05) is 40.9 Å². The summed E-state index contributed by atoms with van der Waals surface area (Å²) in [5, 5.41) is 0. The Bertz CT molecular complexity index is 977. The highest BCUT2D eigenvalue weighted by molar-refractivity contribution is 7.89. The number of benzene rings is 1. The molecular formula is C25H39N3O5S. The topological polar surface area (TPSA) is 79.4 Å². The summed E-state index contributed by atoms with van der Waals surface area (Å²) in [4.78, 5) is 18.2. The van der Waals surface area contributed by atoms with Crippen LogP contribution in [0.5, 0.6) is 11.5 Å². The average molecular weight is 494 g/mol. The summed E-state index contributed by atoms with van der Waals surface area (Å²) in [6.07, 6.45) is 6.33. The number of piperidine rings is 1. The van der Waals surface area contributed by atoms with E-state index < -0.39 is 16.1 Å². The molecule has 3 aliphatic rings. The molecule has 34 heavy (non-hydrogen) atoms. The van der Waals surface area contributed by atoms with Crippen LogP contribution < -0.4 is 9.47 Å². The van der Waals surface area contributed by atoms with E-state index in [0.29, 0.717) is 17.9 Å². The van der Waals surface area contributed by atoms with Crippen molar-refractivity contribution in [1.82, 2.24) is 14.1 Å². The van der Waals surface area contributed by atoms with Gasteiger partial charge in [0, 0.05) is 38.3 Å². The van der Waals surface area contributed by atoms with E-state index >= 15 is 0 Å². The second-order valence-corrected chi connectivity index (χ2v) is 11.7. The lowest BCUT2D eigenvalue weighted by Gasteiger charge is -2.39. The minimum Gasteiger partial charge on any atom is -0.493 e. The van der Waals surface area contributed by atoms with E-state index in [1.807, 2.05) is 11.9 Å². The Morgan fingerprint density at radius 2 is 1.74 bits per heavy atom. The van der Waals surface area contributed by atoms with E-state index in [1.165, 1.54) is 20.3 Å². The van der Waals surface area contributed by atoms with Crippen molar-refractivity contribution in [3.63, 3.8) is 0 Å². The van der Waals surface area contributed by atoms with Crippen molar-refractivity contribution in [3.05, 3.63) is 18.2 Å². The Morgan fingerprint density at radius 1 is 1.06 bits per heavy atom. The Morgan fingerprint density at radius 3 is 2.38 bits per heavy atom. The summed E-state index contributed by atoms with van der Waals surface area (Å²) in [6, 6.07) is 4.05. The number of hydrogen-bond donors (Lipinski definition) is 0. The lowest BCUT2D eigenvalue weighted by atomic mass is 9.85. The van der Waals surface area contributed by atoms with E-state index in [-0.39, 0.29) is 28.8 Å². The maximum atomic E-state index is 14.0. The number of nitrogens with zero attached hydrogens (tertiary/aromatic N) is 3. The van der Waals surface area contributed by atoms with E-state index in [1.54, 1.807) is 16.4 Å². The van der Waals surface area contributed by atoms with Gasteiger partial charge in [0.1, 0.15) is 6.04 Å². The molecule has 2 saturated heterocycles. The van der Waals surface area contributed by atoms with Crippen LogP contribution in [0.25, 0.3) is 0 Å². The number of rotatable bonds is 7. The standard InChI is InChI=1S/C25H39N3O5S/c1-5-27-14-12-19(13-15-27)26(2)25(29)22-16-18-8-6-7-9-21(18)28(22)34(30,31)20-10-11-23(32-3)24(17-20)33-4/h10-11,17-19,21-22H,5-9,12-16H2,1-4H3/t18-,21+,22+/m1/s1. The molecule has 0 radical (unpaired) electrons.